The highest BCUT2D eigenvalue weighted by Gasteiger charge is 2.04. The second-order valence-corrected chi connectivity index (χ2v) is 2.51. The van der Waals surface area contributed by atoms with Gasteiger partial charge in [0.1, 0.15) is 6.73 Å². The first kappa shape index (κ1) is 7.03. The fraction of sp³-hybridized carbons (Fsp3) is 0.857. The van der Waals surface area contributed by atoms with Crippen molar-refractivity contribution in [1.82, 2.24) is 5.32 Å². The molecule has 1 saturated heterocycles. The zero-order valence-electron chi connectivity index (χ0n) is 5.89. The van der Waals surface area contributed by atoms with Crippen LogP contribution in [0, 0.1) is 6.73 Å². The topological polar surface area (TPSA) is 21.3 Å². The van der Waals surface area contributed by atoms with Gasteiger partial charge >= 0.3 is 0 Å². The molecule has 1 fully saturated rings. The van der Waals surface area contributed by atoms with Crippen molar-refractivity contribution in [3.63, 3.8) is 0 Å². The van der Waals surface area contributed by atoms with Crippen LogP contribution in [0.3, 0.4) is 0 Å². The lowest BCUT2D eigenvalue weighted by atomic mass is 10.1. The van der Waals surface area contributed by atoms with Crippen molar-refractivity contribution in [3.05, 3.63) is 6.73 Å². The summed E-state index contributed by atoms with van der Waals surface area (Å²) in [5.41, 5.74) is 0. The maximum atomic E-state index is 5.25. The Morgan fingerprint density at radius 3 is 3.33 bits per heavy atom. The molecule has 0 bridgehead atoms. The van der Waals surface area contributed by atoms with E-state index in [1.54, 1.807) is 6.73 Å². The standard InChI is InChI=1S/C7H14NO/c1-7-4-2-3-5-8-6-9-7/h6-8H,2-5H2,1H3. The van der Waals surface area contributed by atoms with E-state index in [1.807, 2.05) is 0 Å². The molecule has 0 saturated carbocycles. The summed E-state index contributed by atoms with van der Waals surface area (Å²) in [6.07, 6.45) is 4.14. The molecule has 0 spiro atoms. The molecule has 0 aromatic rings. The zero-order valence-corrected chi connectivity index (χ0v) is 5.89. The van der Waals surface area contributed by atoms with Gasteiger partial charge in [0.05, 0.1) is 6.10 Å². The van der Waals surface area contributed by atoms with Gasteiger partial charge in [-0.3, -0.25) is 5.32 Å². The SMILES string of the molecule is CC1CCCCN[CH]O1. The van der Waals surface area contributed by atoms with E-state index in [4.69, 9.17) is 4.74 Å². The molecule has 1 aliphatic rings. The molecule has 1 radical (unpaired) electrons. The third-order valence-corrected chi connectivity index (χ3v) is 1.57. The van der Waals surface area contributed by atoms with E-state index in [9.17, 15) is 0 Å². The second kappa shape index (κ2) is 3.85. The highest BCUT2D eigenvalue weighted by atomic mass is 16.5. The number of rotatable bonds is 0. The molecule has 1 rings (SSSR count). The van der Waals surface area contributed by atoms with E-state index in [-0.39, 0.29) is 0 Å². The molecule has 2 nitrogen and oxygen atoms in total. The summed E-state index contributed by atoms with van der Waals surface area (Å²) < 4.78 is 5.25. The van der Waals surface area contributed by atoms with Gasteiger partial charge in [-0.05, 0) is 32.7 Å². The predicted octanol–water partition coefficient (Wildman–Crippen LogP) is 1.28. The van der Waals surface area contributed by atoms with Gasteiger partial charge in [-0.25, -0.2) is 0 Å². The summed E-state index contributed by atoms with van der Waals surface area (Å²) in [5, 5.41) is 3.07. The molecule has 1 N–H and O–H groups in total. The van der Waals surface area contributed by atoms with Gasteiger partial charge in [-0.2, -0.15) is 0 Å². The van der Waals surface area contributed by atoms with E-state index >= 15 is 0 Å². The normalized spacial score (nSPS) is 31.0. The number of hydrogen-bond donors (Lipinski definition) is 1. The van der Waals surface area contributed by atoms with Crippen LogP contribution in [-0.4, -0.2) is 12.6 Å². The van der Waals surface area contributed by atoms with Crippen LogP contribution in [0.4, 0.5) is 0 Å². The van der Waals surface area contributed by atoms with Gasteiger partial charge < -0.3 is 4.74 Å². The molecule has 1 atom stereocenters. The third kappa shape index (κ3) is 2.82. The number of nitrogens with one attached hydrogen (secondary N) is 1. The van der Waals surface area contributed by atoms with E-state index < -0.39 is 0 Å². The van der Waals surface area contributed by atoms with Gasteiger partial charge in [0.2, 0.25) is 0 Å². The maximum absolute atomic E-state index is 5.25. The maximum Gasteiger partial charge on any atom is 0.148 e. The van der Waals surface area contributed by atoms with Gasteiger partial charge in [0.25, 0.3) is 0 Å². The Morgan fingerprint density at radius 2 is 2.44 bits per heavy atom. The van der Waals surface area contributed by atoms with Crippen LogP contribution in [0.5, 0.6) is 0 Å². The van der Waals surface area contributed by atoms with Crippen molar-refractivity contribution in [3.8, 4) is 0 Å². The third-order valence-electron chi connectivity index (χ3n) is 1.57. The van der Waals surface area contributed by atoms with Gasteiger partial charge in [0.15, 0.2) is 0 Å². The second-order valence-electron chi connectivity index (χ2n) is 2.51. The molecule has 1 aliphatic heterocycles. The molecular weight excluding hydrogens is 114 g/mol. The quantitative estimate of drug-likeness (QED) is 0.530. The molecule has 9 heavy (non-hydrogen) atoms. The van der Waals surface area contributed by atoms with Crippen LogP contribution >= 0.6 is 0 Å². The zero-order chi connectivity index (χ0) is 6.53. The van der Waals surface area contributed by atoms with Crippen LogP contribution in [0.15, 0.2) is 0 Å². The molecule has 0 amide bonds. The molecule has 0 aliphatic carbocycles. The Bertz CT molecular complexity index is 67.3. The summed E-state index contributed by atoms with van der Waals surface area (Å²) in [5.74, 6) is 0. The molecule has 53 valence electrons. The largest absolute Gasteiger partial charge is 0.356 e. The lowest BCUT2D eigenvalue weighted by Crippen LogP contribution is -2.21. The average Bonchev–Trinajstić information content (AvgIpc) is 1.79. The van der Waals surface area contributed by atoms with Gasteiger partial charge in [0, 0.05) is 0 Å². The Labute approximate surface area is 56.6 Å². The average molecular weight is 128 g/mol. The summed E-state index contributed by atoms with van der Waals surface area (Å²) in [6, 6.07) is 0. The Morgan fingerprint density at radius 1 is 1.56 bits per heavy atom. The van der Waals surface area contributed by atoms with Crippen LogP contribution in [0.2, 0.25) is 0 Å². The first-order valence-electron chi connectivity index (χ1n) is 3.60. The summed E-state index contributed by atoms with van der Waals surface area (Å²) in [6.45, 7) is 4.88. The van der Waals surface area contributed by atoms with Crippen LogP contribution < -0.4 is 5.32 Å². The fourth-order valence-electron chi connectivity index (χ4n) is 0.950. The molecule has 0 aromatic heterocycles. The van der Waals surface area contributed by atoms with Crippen molar-refractivity contribution in [2.75, 3.05) is 6.54 Å². The van der Waals surface area contributed by atoms with Gasteiger partial charge in [-0.1, -0.05) is 0 Å². The monoisotopic (exact) mass is 128 g/mol. The Balaban J connectivity index is 2.12. The molecule has 1 heterocycles. The van der Waals surface area contributed by atoms with Crippen LogP contribution in [0.1, 0.15) is 26.2 Å². The van der Waals surface area contributed by atoms with Crippen molar-refractivity contribution in [1.29, 1.82) is 0 Å². The first-order valence-corrected chi connectivity index (χ1v) is 3.60. The Kier molecular flexibility index (Phi) is 3.01. The lowest BCUT2D eigenvalue weighted by molar-refractivity contribution is 0.0889. The van der Waals surface area contributed by atoms with E-state index in [0.717, 1.165) is 6.54 Å². The van der Waals surface area contributed by atoms with E-state index in [1.165, 1.54) is 19.3 Å². The first-order chi connectivity index (χ1) is 4.39. The highest BCUT2D eigenvalue weighted by Crippen LogP contribution is 2.06. The van der Waals surface area contributed by atoms with Crippen molar-refractivity contribution >= 4 is 0 Å². The molecule has 2 heteroatoms. The number of hydrogen-bond acceptors (Lipinski definition) is 2. The lowest BCUT2D eigenvalue weighted by Gasteiger charge is -2.15. The van der Waals surface area contributed by atoms with Crippen LogP contribution in [-0.2, 0) is 4.74 Å². The fourth-order valence-corrected chi connectivity index (χ4v) is 0.950. The molecular formula is C7H14NO. The van der Waals surface area contributed by atoms with Crippen molar-refractivity contribution < 1.29 is 4.74 Å². The summed E-state index contributed by atoms with van der Waals surface area (Å²) in [4.78, 5) is 0. The van der Waals surface area contributed by atoms with Crippen LogP contribution in [0.25, 0.3) is 0 Å². The van der Waals surface area contributed by atoms with E-state index in [0.29, 0.717) is 6.10 Å². The highest BCUT2D eigenvalue weighted by molar-refractivity contribution is 4.60. The molecule has 1 unspecified atom stereocenters. The molecule has 0 aromatic carbocycles. The van der Waals surface area contributed by atoms with Gasteiger partial charge in [-0.15, -0.1) is 0 Å². The summed E-state index contributed by atoms with van der Waals surface area (Å²) >= 11 is 0. The van der Waals surface area contributed by atoms with Crippen molar-refractivity contribution in [2.24, 2.45) is 0 Å². The number of ether oxygens (including phenoxy) is 1. The van der Waals surface area contributed by atoms with E-state index in [2.05, 4.69) is 12.2 Å². The Hall–Kier alpha value is -0.0800. The summed E-state index contributed by atoms with van der Waals surface area (Å²) in [7, 11) is 0. The minimum atomic E-state index is 0.401. The predicted molar refractivity (Wildman–Crippen MR) is 36.7 cm³/mol. The smallest absolute Gasteiger partial charge is 0.148 e. The minimum Gasteiger partial charge on any atom is -0.356 e. The minimum absolute atomic E-state index is 0.401. The van der Waals surface area contributed by atoms with Crippen molar-refractivity contribution in [2.45, 2.75) is 32.3 Å².